The molecule has 3 nitrogen and oxygen atoms in total. The van der Waals surface area contributed by atoms with Gasteiger partial charge in [0, 0.05) is 6.92 Å². The molecule has 0 aliphatic heterocycles. The smallest absolute Gasteiger partial charge is 0.236 e. The van der Waals surface area contributed by atoms with Gasteiger partial charge >= 0.3 is 0 Å². The van der Waals surface area contributed by atoms with Crippen molar-refractivity contribution in [2.24, 2.45) is 5.10 Å². The van der Waals surface area contributed by atoms with Gasteiger partial charge in [-0.3, -0.25) is 4.79 Å². The highest BCUT2D eigenvalue weighted by molar-refractivity contribution is 9.10. The van der Waals surface area contributed by atoms with E-state index in [0.29, 0.717) is 10.0 Å². The Morgan fingerprint density at radius 2 is 2.36 bits per heavy atom. The lowest BCUT2D eigenvalue weighted by Gasteiger charge is -1.96. The van der Waals surface area contributed by atoms with Crippen molar-refractivity contribution in [3.05, 3.63) is 34.1 Å². The molecule has 1 N–H and O–H groups in total. The van der Waals surface area contributed by atoms with Crippen LogP contribution in [0.4, 0.5) is 4.39 Å². The van der Waals surface area contributed by atoms with Crippen LogP contribution in [0.5, 0.6) is 0 Å². The molecule has 5 heteroatoms. The van der Waals surface area contributed by atoms with Gasteiger partial charge in [-0.1, -0.05) is 6.07 Å². The van der Waals surface area contributed by atoms with Crippen molar-refractivity contribution in [3.63, 3.8) is 0 Å². The Labute approximate surface area is 89.1 Å². The highest BCUT2D eigenvalue weighted by Crippen LogP contribution is 2.15. The van der Waals surface area contributed by atoms with Crippen LogP contribution >= 0.6 is 15.9 Å². The van der Waals surface area contributed by atoms with E-state index >= 15 is 0 Å². The molecule has 0 fully saturated rings. The van der Waals surface area contributed by atoms with E-state index in [1.165, 1.54) is 19.2 Å². The van der Waals surface area contributed by atoms with Gasteiger partial charge in [-0.25, -0.2) is 9.82 Å². The van der Waals surface area contributed by atoms with E-state index in [4.69, 9.17) is 0 Å². The lowest BCUT2D eigenvalue weighted by molar-refractivity contribution is -0.118. The van der Waals surface area contributed by atoms with Crippen LogP contribution in [-0.2, 0) is 4.79 Å². The first-order valence-electron chi connectivity index (χ1n) is 3.84. The Morgan fingerprint density at radius 1 is 1.64 bits per heavy atom. The highest BCUT2D eigenvalue weighted by atomic mass is 79.9. The van der Waals surface area contributed by atoms with Gasteiger partial charge in [0.1, 0.15) is 5.82 Å². The van der Waals surface area contributed by atoms with Gasteiger partial charge in [0.15, 0.2) is 0 Å². The Bertz CT molecular complexity index is 379. The molecule has 1 aromatic carbocycles. The van der Waals surface area contributed by atoms with Crippen LogP contribution in [-0.4, -0.2) is 12.1 Å². The molecule has 0 bridgehead atoms. The van der Waals surface area contributed by atoms with Gasteiger partial charge < -0.3 is 0 Å². The summed E-state index contributed by atoms with van der Waals surface area (Å²) >= 11 is 3.04. The Morgan fingerprint density at radius 3 is 2.93 bits per heavy atom. The van der Waals surface area contributed by atoms with Crippen molar-refractivity contribution in [3.8, 4) is 0 Å². The third-order valence-corrected chi connectivity index (χ3v) is 1.99. The molecule has 0 unspecified atom stereocenters. The van der Waals surface area contributed by atoms with Crippen LogP contribution < -0.4 is 5.43 Å². The van der Waals surface area contributed by atoms with Crippen LogP contribution in [0.15, 0.2) is 27.8 Å². The molecule has 0 aliphatic rings. The maximum atomic E-state index is 12.8. The first-order valence-corrected chi connectivity index (χ1v) is 4.63. The van der Waals surface area contributed by atoms with Crippen LogP contribution in [0.3, 0.4) is 0 Å². The normalized spacial score (nSPS) is 10.5. The van der Waals surface area contributed by atoms with Crippen LogP contribution in [0.1, 0.15) is 12.5 Å². The number of hydrogen-bond acceptors (Lipinski definition) is 2. The molecule has 0 saturated carbocycles. The fraction of sp³-hybridized carbons (Fsp3) is 0.111. The number of nitrogens with zero attached hydrogens (tertiary/aromatic N) is 1. The number of halogens is 2. The first-order chi connectivity index (χ1) is 6.59. The molecule has 0 heterocycles. The van der Waals surface area contributed by atoms with Crippen LogP contribution in [0.2, 0.25) is 0 Å². The molecule has 74 valence electrons. The van der Waals surface area contributed by atoms with E-state index in [0.717, 1.165) is 0 Å². The first kappa shape index (κ1) is 10.8. The monoisotopic (exact) mass is 258 g/mol. The van der Waals surface area contributed by atoms with Gasteiger partial charge in [0.05, 0.1) is 10.7 Å². The van der Waals surface area contributed by atoms with Gasteiger partial charge in [-0.2, -0.15) is 5.10 Å². The number of carbonyl (C=O) groups excluding carboxylic acids is 1. The molecule has 0 aliphatic carbocycles. The number of carbonyl (C=O) groups is 1. The Hall–Kier alpha value is -1.23. The van der Waals surface area contributed by atoms with E-state index in [1.807, 2.05) is 0 Å². The topological polar surface area (TPSA) is 41.5 Å². The van der Waals surface area contributed by atoms with Gasteiger partial charge in [-0.15, -0.1) is 0 Å². The number of hydrogen-bond donors (Lipinski definition) is 1. The average Bonchev–Trinajstić information content (AvgIpc) is 2.10. The zero-order valence-electron chi connectivity index (χ0n) is 7.42. The standard InChI is InChI=1S/C9H8BrFN2O/c1-6(14)13-12-5-7-2-3-9(11)8(10)4-7/h2-5H,1H3,(H,13,14)/b12-5-. The van der Waals surface area contributed by atoms with Crippen LogP contribution in [0, 0.1) is 5.82 Å². The fourth-order valence-electron chi connectivity index (χ4n) is 0.790. The molecule has 0 radical (unpaired) electrons. The minimum Gasteiger partial charge on any atom is -0.274 e. The largest absolute Gasteiger partial charge is 0.274 e. The van der Waals surface area contributed by atoms with Crippen molar-refractivity contribution in [2.45, 2.75) is 6.92 Å². The van der Waals surface area contributed by atoms with E-state index in [1.54, 1.807) is 12.1 Å². The lowest BCUT2D eigenvalue weighted by Crippen LogP contribution is -2.12. The molecular weight excluding hydrogens is 251 g/mol. The zero-order valence-corrected chi connectivity index (χ0v) is 9.01. The quantitative estimate of drug-likeness (QED) is 0.641. The molecule has 1 aromatic rings. The van der Waals surface area contributed by atoms with E-state index in [9.17, 15) is 9.18 Å². The number of hydrazone groups is 1. The SMILES string of the molecule is CC(=O)N/N=C\c1ccc(F)c(Br)c1. The van der Waals surface area contributed by atoms with Crippen molar-refractivity contribution in [1.82, 2.24) is 5.43 Å². The number of amides is 1. The number of nitrogens with one attached hydrogen (secondary N) is 1. The summed E-state index contributed by atoms with van der Waals surface area (Å²) in [5.74, 6) is -0.580. The van der Waals surface area contributed by atoms with Crippen molar-refractivity contribution >= 4 is 28.1 Å². The Balaban J connectivity index is 2.73. The summed E-state index contributed by atoms with van der Waals surface area (Å²) in [5, 5.41) is 3.64. The third kappa shape index (κ3) is 3.26. The minimum absolute atomic E-state index is 0.248. The summed E-state index contributed by atoms with van der Waals surface area (Å²) in [5.41, 5.74) is 2.95. The molecule has 1 rings (SSSR count). The second kappa shape index (κ2) is 4.85. The van der Waals surface area contributed by atoms with Gasteiger partial charge in [-0.05, 0) is 33.6 Å². The van der Waals surface area contributed by atoms with E-state index in [-0.39, 0.29) is 11.7 Å². The molecule has 0 saturated heterocycles. The number of benzene rings is 1. The van der Waals surface area contributed by atoms with E-state index in [2.05, 4.69) is 26.5 Å². The summed E-state index contributed by atoms with van der Waals surface area (Å²) in [6.07, 6.45) is 1.44. The maximum absolute atomic E-state index is 12.8. The number of rotatable bonds is 2. The third-order valence-electron chi connectivity index (χ3n) is 1.38. The lowest BCUT2D eigenvalue weighted by atomic mass is 10.2. The molecule has 0 spiro atoms. The molecule has 14 heavy (non-hydrogen) atoms. The summed E-state index contributed by atoms with van der Waals surface area (Å²) in [4.78, 5) is 10.5. The molecular formula is C9H8BrFN2O. The summed E-state index contributed by atoms with van der Waals surface area (Å²) < 4.78 is 13.2. The maximum Gasteiger partial charge on any atom is 0.236 e. The average molecular weight is 259 g/mol. The van der Waals surface area contributed by atoms with Crippen LogP contribution in [0.25, 0.3) is 0 Å². The summed E-state index contributed by atoms with van der Waals surface area (Å²) in [6.45, 7) is 1.36. The minimum atomic E-state index is -0.332. The summed E-state index contributed by atoms with van der Waals surface area (Å²) in [7, 11) is 0. The molecule has 0 aromatic heterocycles. The van der Waals surface area contributed by atoms with Gasteiger partial charge in [0.25, 0.3) is 0 Å². The predicted octanol–water partition coefficient (Wildman–Crippen LogP) is 2.06. The second-order valence-electron chi connectivity index (χ2n) is 2.60. The van der Waals surface area contributed by atoms with E-state index < -0.39 is 0 Å². The molecule has 1 amide bonds. The van der Waals surface area contributed by atoms with Crippen molar-refractivity contribution < 1.29 is 9.18 Å². The van der Waals surface area contributed by atoms with Crippen molar-refractivity contribution in [1.29, 1.82) is 0 Å². The second-order valence-corrected chi connectivity index (χ2v) is 3.45. The highest BCUT2D eigenvalue weighted by Gasteiger charge is 1.97. The van der Waals surface area contributed by atoms with Crippen molar-refractivity contribution in [2.75, 3.05) is 0 Å². The predicted molar refractivity (Wildman–Crippen MR) is 55.5 cm³/mol. The van der Waals surface area contributed by atoms with Gasteiger partial charge in [0.2, 0.25) is 5.91 Å². The summed E-state index contributed by atoms with van der Waals surface area (Å²) in [6, 6.07) is 4.45. The molecule has 0 atom stereocenters. The Kier molecular flexibility index (Phi) is 3.76. The fourth-order valence-corrected chi connectivity index (χ4v) is 1.19. The zero-order chi connectivity index (χ0) is 10.6.